The summed E-state index contributed by atoms with van der Waals surface area (Å²) < 4.78 is 51.1. The number of nitrogens with zero attached hydrogens (tertiary/aromatic N) is 5. The lowest BCUT2D eigenvalue weighted by atomic mass is 9.83. The standard InChI is InChI=1S/C63H83ClN8O20S2/c1-36-14-12-16-48(85-10)63(83)32-46(90-59(80)67-63)37(2)54-62(4,92-54)49(31-51(74)71(8)44-28-40(26-36)29-45(84-9)53(44)64)91-57(78)38(3)70(7)50(73)19-25-94-61(82)69(6)23-22-68(5)60(81)88-33-39-17-18-43(66-58(79)89-41-15-13-24-86-35-87-34-41)42(27-39)55(76)65-20-21-72-52(75)30-47(93-11)56(72)77/h12-18,27-29,37-38,41,46-49,54,83H,19-26,30-35H2,1-11H3,(H,65,76)(H,66,79)(H,67,80)/b15-13+,16-12+,36-14+/t37-,38+,41?,46+,47?,48-,49+,54+,62+,63+/m1/s1. The number of hydrogen-bond acceptors (Lipinski definition) is 22. The summed E-state index contributed by atoms with van der Waals surface area (Å²) in [6, 6.07) is 6.65. The van der Waals surface area contributed by atoms with Crippen molar-refractivity contribution in [3.63, 3.8) is 0 Å². The Kier molecular flexibility index (Phi) is 26.2. The van der Waals surface area contributed by atoms with E-state index in [1.54, 1.807) is 56.5 Å². The second kappa shape index (κ2) is 33.3. The Hall–Kier alpha value is -7.45. The third kappa shape index (κ3) is 18.9. The van der Waals surface area contributed by atoms with E-state index in [9.17, 15) is 53.1 Å². The van der Waals surface area contributed by atoms with Gasteiger partial charge in [0.15, 0.2) is 5.72 Å². The number of ether oxygens (including phenoxy) is 9. The number of thioether (sulfide) groups is 2. The Morgan fingerprint density at radius 3 is 2.44 bits per heavy atom. The zero-order chi connectivity index (χ0) is 68.8. The Labute approximate surface area is 558 Å². The number of halogens is 1. The SMILES string of the molecule is COc1cc2cc(c1Cl)N(C)C(=O)C[C@H](OC(=O)[C@H](C)N(C)C(=O)CCSC(=O)N(C)CCN(C)C(=O)OCc1ccc(NC(=O)OC3/C=C/COCOC3)c(C(=O)NCCN3C(=O)CC(SC)C3=O)c1)[C@]1(C)O[C@H]1[C@H](C)[C@@H]1C[C@@](O)(NC(=O)O1)[C@H](OC)/C=C/C=C(\C)C2. The van der Waals surface area contributed by atoms with E-state index in [0.717, 1.165) is 27.8 Å². The number of carbonyl (C=O) groups is 10. The van der Waals surface area contributed by atoms with Gasteiger partial charge in [-0.15, -0.1) is 0 Å². The van der Waals surface area contributed by atoms with Gasteiger partial charge in [0.2, 0.25) is 23.6 Å². The number of aliphatic hydroxyl groups is 1. The van der Waals surface area contributed by atoms with Crippen LogP contribution in [0, 0.1) is 5.92 Å². The molecule has 2 unspecified atom stereocenters. The number of alkyl carbamates (subject to hydrolysis) is 1. The molecule has 2 aromatic rings. The summed E-state index contributed by atoms with van der Waals surface area (Å²) in [5, 5.41) is 18.9. The Bertz CT molecular complexity index is 3270. The second-order valence-corrected chi connectivity index (χ2v) is 25.9. The van der Waals surface area contributed by atoms with Crippen LogP contribution in [0.5, 0.6) is 5.75 Å². The lowest BCUT2D eigenvalue weighted by molar-refractivity contribution is -0.162. The van der Waals surface area contributed by atoms with Gasteiger partial charge in [-0.2, -0.15) is 11.8 Å². The average molecular weight is 1370 g/mol. The van der Waals surface area contributed by atoms with Crippen LogP contribution in [0.1, 0.15) is 74.9 Å². The topological polar surface area (TPSA) is 330 Å². The van der Waals surface area contributed by atoms with Crippen molar-refractivity contribution in [3.05, 3.63) is 88.0 Å². The molecular formula is C63H83ClN8O20S2. The van der Waals surface area contributed by atoms with Crippen LogP contribution in [0.2, 0.25) is 5.02 Å². The van der Waals surface area contributed by atoms with Crippen LogP contribution in [0.25, 0.3) is 0 Å². The second-order valence-electron chi connectivity index (χ2n) is 23.5. The molecule has 4 bridgehead atoms. The van der Waals surface area contributed by atoms with E-state index in [4.69, 9.17) is 54.2 Å². The van der Waals surface area contributed by atoms with Crippen LogP contribution in [0.15, 0.2) is 66.3 Å². The number of imide groups is 1. The van der Waals surface area contributed by atoms with Gasteiger partial charge in [0, 0.05) is 92.4 Å². The van der Waals surface area contributed by atoms with Crippen molar-refractivity contribution >= 4 is 106 Å². The van der Waals surface area contributed by atoms with Gasteiger partial charge in [0.05, 0.1) is 55.0 Å². The van der Waals surface area contributed by atoms with Crippen molar-refractivity contribution in [2.45, 2.75) is 120 Å². The van der Waals surface area contributed by atoms with E-state index in [1.807, 2.05) is 13.0 Å². The van der Waals surface area contributed by atoms with E-state index in [0.29, 0.717) is 23.4 Å². The molecule has 0 radical (unpaired) electrons. The molecule has 4 N–H and O–H groups in total. The number of carbonyl (C=O) groups excluding carboxylic acids is 10. The number of esters is 1. The Morgan fingerprint density at radius 1 is 0.979 bits per heavy atom. The van der Waals surface area contributed by atoms with Crippen molar-refractivity contribution in [2.24, 2.45) is 5.92 Å². The zero-order valence-electron chi connectivity index (χ0n) is 54.4. The summed E-state index contributed by atoms with van der Waals surface area (Å²) in [5.74, 6) is -3.59. The highest BCUT2D eigenvalue weighted by molar-refractivity contribution is 8.13. The number of hydrogen-bond donors (Lipinski definition) is 4. The minimum Gasteiger partial charge on any atom is -0.495 e. The molecule has 28 nitrogen and oxygen atoms in total. The number of nitrogens with one attached hydrogen (secondary N) is 3. The van der Waals surface area contributed by atoms with Gasteiger partial charge in [-0.3, -0.25) is 44.3 Å². The number of fused-ring (bicyclic) bond motifs is 5. The normalized spacial score (nSPS) is 26.3. The molecule has 2 aromatic carbocycles. The van der Waals surface area contributed by atoms with Gasteiger partial charge in [-0.05, 0) is 74.9 Å². The summed E-state index contributed by atoms with van der Waals surface area (Å²) in [4.78, 5) is 140. The molecule has 3 fully saturated rings. The van der Waals surface area contributed by atoms with Gasteiger partial charge in [0.25, 0.3) is 11.1 Å². The number of benzene rings is 2. The molecule has 9 amide bonds. The van der Waals surface area contributed by atoms with Crippen molar-refractivity contribution in [1.29, 1.82) is 0 Å². The van der Waals surface area contributed by atoms with Gasteiger partial charge in [0.1, 0.15) is 60.2 Å². The first-order valence-electron chi connectivity index (χ1n) is 30.3. The quantitative estimate of drug-likeness (QED) is 0.0409. The molecule has 5 heterocycles. The van der Waals surface area contributed by atoms with E-state index in [2.05, 4.69) is 16.0 Å². The molecule has 3 saturated heterocycles. The van der Waals surface area contributed by atoms with Crippen LogP contribution in [0.4, 0.5) is 30.6 Å². The molecule has 7 rings (SSSR count). The van der Waals surface area contributed by atoms with E-state index >= 15 is 0 Å². The van der Waals surface area contributed by atoms with Crippen LogP contribution in [-0.4, -0.2) is 237 Å². The van der Waals surface area contributed by atoms with Gasteiger partial charge < -0.3 is 72.7 Å². The number of methoxy groups -OCH3 is 2. The van der Waals surface area contributed by atoms with E-state index in [-0.39, 0.29) is 106 Å². The van der Waals surface area contributed by atoms with Gasteiger partial charge >= 0.3 is 24.2 Å². The van der Waals surface area contributed by atoms with Gasteiger partial charge in [-0.1, -0.05) is 66.2 Å². The van der Waals surface area contributed by atoms with E-state index < -0.39 is 113 Å². The number of rotatable bonds is 20. The maximum absolute atomic E-state index is 14.4. The summed E-state index contributed by atoms with van der Waals surface area (Å²) in [6.45, 7) is 6.62. The van der Waals surface area contributed by atoms with Gasteiger partial charge in [-0.25, -0.2) is 19.2 Å². The Balaban J connectivity index is 0.928. The maximum Gasteiger partial charge on any atom is 0.412 e. The summed E-state index contributed by atoms with van der Waals surface area (Å²) >= 11 is 8.94. The minimum absolute atomic E-state index is 0.00440. The minimum atomic E-state index is -1.91. The monoisotopic (exact) mass is 1370 g/mol. The summed E-state index contributed by atoms with van der Waals surface area (Å²) in [5.41, 5.74) is -0.968. The predicted molar refractivity (Wildman–Crippen MR) is 346 cm³/mol. The van der Waals surface area contributed by atoms with Crippen LogP contribution < -0.4 is 25.6 Å². The first-order chi connectivity index (χ1) is 44.6. The first-order valence-corrected chi connectivity index (χ1v) is 32.9. The number of likely N-dealkylation sites (tertiary alicyclic amines) is 1. The number of anilines is 2. The smallest absolute Gasteiger partial charge is 0.412 e. The summed E-state index contributed by atoms with van der Waals surface area (Å²) in [7, 11) is 8.76. The number of likely N-dealkylation sites (N-methyl/N-ethyl adjacent to an activating group) is 3. The molecule has 514 valence electrons. The third-order valence-corrected chi connectivity index (χ3v) is 19.1. The zero-order valence-corrected chi connectivity index (χ0v) is 56.8. The van der Waals surface area contributed by atoms with Crippen molar-refractivity contribution in [1.82, 2.24) is 30.2 Å². The predicted octanol–water partition coefficient (Wildman–Crippen LogP) is 5.66. The fourth-order valence-electron chi connectivity index (χ4n) is 10.8. The van der Waals surface area contributed by atoms with Crippen molar-refractivity contribution in [2.75, 3.05) is 111 Å². The maximum atomic E-state index is 14.4. The third-order valence-electron chi connectivity index (χ3n) is 16.8. The average Bonchev–Trinajstić information content (AvgIpc) is 1.57. The first kappa shape index (κ1) is 74.0. The molecular weight excluding hydrogens is 1290 g/mol. The molecule has 5 aliphatic rings. The highest BCUT2D eigenvalue weighted by atomic mass is 35.5. The molecule has 0 saturated carbocycles. The number of allylic oxidation sites excluding steroid dienone is 3. The highest BCUT2D eigenvalue weighted by Gasteiger charge is 2.64. The molecule has 0 aromatic heterocycles. The summed E-state index contributed by atoms with van der Waals surface area (Å²) in [6.07, 6.45) is 2.55. The van der Waals surface area contributed by atoms with Crippen LogP contribution in [-0.2, 0) is 74.9 Å². The van der Waals surface area contributed by atoms with Crippen molar-refractivity contribution < 1.29 is 95.7 Å². The number of epoxide rings is 1. The van der Waals surface area contributed by atoms with Crippen molar-refractivity contribution in [3.8, 4) is 5.75 Å². The largest absolute Gasteiger partial charge is 0.495 e. The van der Waals surface area contributed by atoms with Crippen LogP contribution in [0.3, 0.4) is 0 Å². The molecule has 10 atom stereocenters. The Morgan fingerprint density at radius 2 is 1.72 bits per heavy atom. The molecule has 5 aliphatic heterocycles. The lowest BCUT2D eigenvalue weighted by Crippen LogP contribution is -2.63. The van der Waals surface area contributed by atoms with E-state index in [1.165, 1.54) is 98.9 Å². The molecule has 0 spiro atoms. The fraction of sp³-hybridized carbons (Fsp3) is 0.556. The molecule has 0 aliphatic carbocycles. The van der Waals surface area contributed by atoms with Crippen LogP contribution >= 0.6 is 35.1 Å². The highest BCUT2D eigenvalue weighted by Crippen LogP contribution is 2.49. The fourth-order valence-corrected chi connectivity index (χ4v) is 12.6. The molecule has 94 heavy (non-hydrogen) atoms. The molecule has 31 heteroatoms. The number of amides is 9. The lowest BCUT2D eigenvalue weighted by Gasteiger charge is -2.42.